The SMILES string of the molecule is COc1cc2c(cc1OC)CN(CC(=O)NC(c1ccccc1)c1nccs1)CC2. The van der Waals surface area contributed by atoms with E-state index in [1.165, 1.54) is 11.1 Å². The summed E-state index contributed by atoms with van der Waals surface area (Å²) in [4.78, 5) is 19.5. The van der Waals surface area contributed by atoms with Gasteiger partial charge in [-0.15, -0.1) is 11.3 Å². The van der Waals surface area contributed by atoms with Crippen LogP contribution in [0, 0.1) is 0 Å². The number of hydrogen-bond donors (Lipinski definition) is 1. The van der Waals surface area contributed by atoms with Crippen LogP contribution in [0.2, 0.25) is 0 Å². The summed E-state index contributed by atoms with van der Waals surface area (Å²) in [5.41, 5.74) is 3.45. The van der Waals surface area contributed by atoms with Gasteiger partial charge in [-0.25, -0.2) is 4.98 Å². The largest absolute Gasteiger partial charge is 0.493 e. The molecule has 3 aromatic rings. The van der Waals surface area contributed by atoms with E-state index < -0.39 is 0 Å². The van der Waals surface area contributed by atoms with Crippen molar-refractivity contribution in [3.63, 3.8) is 0 Å². The standard InChI is InChI=1S/C23H25N3O3S/c1-28-19-12-17-8-10-26(14-18(17)13-20(19)29-2)15-21(27)25-22(23-24-9-11-30-23)16-6-4-3-5-7-16/h3-7,9,11-13,22H,8,10,14-15H2,1-2H3,(H,25,27). The van der Waals surface area contributed by atoms with Gasteiger partial charge in [0.1, 0.15) is 11.0 Å². The molecule has 0 spiro atoms. The molecule has 6 nitrogen and oxygen atoms in total. The van der Waals surface area contributed by atoms with Crippen LogP contribution in [-0.2, 0) is 17.8 Å². The summed E-state index contributed by atoms with van der Waals surface area (Å²) in [6.45, 7) is 1.86. The second-order valence-corrected chi connectivity index (χ2v) is 8.14. The third-order valence-electron chi connectivity index (χ3n) is 5.30. The number of hydrogen-bond acceptors (Lipinski definition) is 6. The first-order chi connectivity index (χ1) is 14.7. The molecule has 0 saturated carbocycles. The van der Waals surface area contributed by atoms with Crippen molar-refractivity contribution in [2.24, 2.45) is 0 Å². The summed E-state index contributed by atoms with van der Waals surface area (Å²) in [6.07, 6.45) is 2.64. The van der Waals surface area contributed by atoms with Crippen LogP contribution in [0.25, 0.3) is 0 Å². The summed E-state index contributed by atoms with van der Waals surface area (Å²) in [7, 11) is 3.29. The lowest BCUT2D eigenvalue weighted by Gasteiger charge is -2.29. The monoisotopic (exact) mass is 423 g/mol. The number of aromatic nitrogens is 1. The minimum Gasteiger partial charge on any atom is -0.493 e. The zero-order valence-electron chi connectivity index (χ0n) is 17.1. The van der Waals surface area contributed by atoms with Crippen LogP contribution in [0.5, 0.6) is 11.5 Å². The van der Waals surface area contributed by atoms with Crippen molar-refractivity contribution in [3.05, 3.63) is 75.7 Å². The number of methoxy groups -OCH3 is 2. The van der Waals surface area contributed by atoms with Crippen LogP contribution in [0.1, 0.15) is 27.7 Å². The van der Waals surface area contributed by atoms with E-state index >= 15 is 0 Å². The molecular weight excluding hydrogens is 398 g/mol. The average Bonchev–Trinajstić information content (AvgIpc) is 3.31. The second-order valence-electron chi connectivity index (χ2n) is 7.22. The highest BCUT2D eigenvalue weighted by molar-refractivity contribution is 7.09. The molecule has 2 aromatic carbocycles. The molecule has 156 valence electrons. The van der Waals surface area contributed by atoms with Crippen molar-refractivity contribution < 1.29 is 14.3 Å². The lowest BCUT2D eigenvalue weighted by Crippen LogP contribution is -2.41. The number of thiazole rings is 1. The maximum Gasteiger partial charge on any atom is 0.235 e. The molecule has 1 amide bonds. The molecule has 30 heavy (non-hydrogen) atoms. The van der Waals surface area contributed by atoms with Crippen LogP contribution in [0.3, 0.4) is 0 Å². The summed E-state index contributed by atoms with van der Waals surface area (Å²) in [5, 5.41) is 5.99. The Hall–Kier alpha value is -2.90. The van der Waals surface area contributed by atoms with Gasteiger partial charge in [0, 0.05) is 24.7 Å². The molecule has 7 heteroatoms. The predicted octanol–water partition coefficient (Wildman–Crippen LogP) is 3.42. The molecule has 1 aliphatic heterocycles. The van der Waals surface area contributed by atoms with Gasteiger partial charge in [0.15, 0.2) is 11.5 Å². The van der Waals surface area contributed by atoms with Gasteiger partial charge in [-0.2, -0.15) is 0 Å². The fourth-order valence-corrected chi connectivity index (χ4v) is 4.51. The van der Waals surface area contributed by atoms with Crippen LogP contribution in [0.15, 0.2) is 54.0 Å². The maximum atomic E-state index is 12.9. The van der Waals surface area contributed by atoms with Crippen molar-refractivity contribution in [2.45, 2.75) is 19.0 Å². The number of fused-ring (bicyclic) bond motifs is 1. The Morgan fingerprint density at radius 2 is 1.90 bits per heavy atom. The number of carbonyl (C=O) groups excluding carboxylic acids is 1. The first-order valence-electron chi connectivity index (χ1n) is 9.87. The number of nitrogens with one attached hydrogen (secondary N) is 1. The number of nitrogens with zero attached hydrogens (tertiary/aromatic N) is 2. The lowest BCUT2D eigenvalue weighted by molar-refractivity contribution is -0.123. The summed E-state index contributed by atoms with van der Waals surface area (Å²) in [5.74, 6) is 1.45. The van der Waals surface area contributed by atoms with Crippen molar-refractivity contribution in [3.8, 4) is 11.5 Å². The summed E-state index contributed by atoms with van der Waals surface area (Å²) < 4.78 is 10.8. The summed E-state index contributed by atoms with van der Waals surface area (Å²) >= 11 is 1.55. The van der Waals surface area contributed by atoms with E-state index in [1.54, 1.807) is 31.8 Å². The van der Waals surface area contributed by atoms with Gasteiger partial charge in [0.05, 0.1) is 20.8 Å². The molecule has 1 aliphatic rings. The van der Waals surface area contributed by atoms with E-state index in [0.29, 0.717) is 13.1 Å². The number of carbonyl (C=O) groups is 1. The number of rotatable bonds is 7. The minimum atomic E-state index is -0.236. The zero-order valence-corrected chi connectivity index (χ0v) is 17.9. The predicted molar refractivity (Wildman–Crippen MR) is 117 cm³/mol. The van der Waals surface area contributed by atoms with E-state index in [1.807, 2.05) is 47.8 Å². The molecule has 0 fully saturated rings. The third-order valence-corrected chi connectivity index (χ3v) is 6.14. The molecule has 1 unspecified atom stereocenters. The maximum absolute atomic E-state index is 12.9. The minimum absolute atomic E-state index is 0.0111. The van der Waals surface area contributed by atoms with Crippen LogP contribution >= 0.6 is 11.3 Å². The number of ether oxygens (including phenoxy) is 2. The Kier molecular flexibility index (Phi) is 6.30. The normalized spacial score (nSPS) is 14.6. The highest BCUT2D eigenvalue weighted by atomic mass is 32.1. The lowest BCUT2D eigenvalue weighted by atomic mass is 9.98. The van der Waals surface area contributed by atoms with Crippen LogP contribution < -0.4 is 14.8 Å². The van der Waals surface area contributed by atoms with Crippen molar-refractivity contribution in [1.82, 2.24) is 15.2 Å². The van der Waals surface area contributed by atoms with E-state index in [9.17, 15) is 4.79 Å². The second kappa shape index (κ2) is 9.28. The van der Waals surface area contributed by atoms with Gasteiger partial charge in [0.2, 0.25) is 5.91 Å². The van der Waals surface area contributed by atoms with Crippen LogP contribution in [0.4, 0.5) is 0 Å². The summed E-state index contributed by atoms with van der Waals surface area (Å²) in [6, 6.07) is 13.8. The van der Waals surface area contributed by atoms with Gasteiger partial charge in [-0.1, -0.05) is 30.3 Å². The van der Waals surface area contributed by atoms with E-state index in [4.69, 9.17) is 9.47 Å². The Bertz CT molecular complexity index is 992. The topological polar surface area (TPSA) is 63.7 Å². The smallest absolute Gasteiger partial charge is 0.235 e. The Morgan fingerprint density at radius 1 is 1.17 bits per heavy atom. The fourth-order valence-electron chi connectivity index (χ4n) is 3.80. The molecule has 2 heterocycles. The van der Waals surface area contributed by atoms with Gasteiger partial charge in [-0.3, -0.25) is 9.69 Å². The number of benzene rings is 2. The van der Waals surface area contributed by atoms with Crippen LogP contribution in [-0.4, -0.2) is 43.1 Å². The average molecular weight is 424 g/mol. The molecule has 4 rings (SSSR count). The van der Waals surface area contributed by atoms with Crippen molar-refractivity contribution in [2.75, 3.05) is 27.3 Å². The fraction of sp³-hybridized carbons (Fsp3) is 0.304. The molecule has 1 N–H and O–H groups in total. The molecule has 0 saturated heterocycles. The van der Waals surface area contributed by atoms with Gasteiger partial charge < -0.3 is 14.8 Å². The van der Waals surface area contributed by atoms with E-state index in [-0.39, 0.29) is 11.9 Å². The number of amides is 1. The molecule has 0 bridgehead atoms. The first-order valence-corrected chi connectivity index (χ1v) is 10.8. The van der Waals surface area contributed by atoms with E-state index in [2.05, 4.69) is 15.2 Å². The van der Waals surface area contributed by atoms with Gasteiger partial charge in [-0.05, 0) is 35.2 Å². The highest BCUT2D eigenvalue weighted by Gasteiger charge is 2.24. The third kappa shape index (κ3) is 4.47. The van der Waals surface area contributed by atoms with Crippen molar-refractivity contribution in [1.29, 1.82) is 0 Å². The Labute approximate surface area is 180 Å². The molecule has 0 aliphatic carbocycles. The molecular formula is C23H25N3O3S. The van der Waals surface area contributed by atoms with E-state index in [0.717, 1.165) is 35.0 Å². The van der Waals surface area contributed by atoms with Gasteiger partial charge in [0.25, 0.3) is 0 Å². The molecule has 0 radical (unpaired) electrons. The Morgan fingerprint density at radius 3 is 2.57 bits per heavy atom. The quantitative estimate of drug-likeness (QED) is 0.631. The zero-order chi connectivity index (χ0) is 20.9. The highest BCUT2D eigenvalue weighted by Crippen LogP contribution is 2.33. The first kappa shape index (κ1) is 20.4. The van der Waals surface area contributed by atoms with Gasteiger partial charge >= 0.3 is 0 Å². The molecule has 1 aromatic heterocycles. The van der Waals surface area contributed by atoms with Crippen molar-refractivity contribution >= 4 is 17.2 Å². The Balaban J connectivity index is 1.45. The molecule has 1 atom stereocenters.